The highest BCUT2D eigenvalue weighted by atomic mass is 16.5. The van der Waals surface area contributed by atoms with Crippen molar-refractivity contribution in [1.82, 2.24) is 34.2 Å². The summed E-state index contributed by atoms with van der Waals surface area (Å²) in [5.74, 6) is 0.630. The summed E-state index contributed by atoms with van der Waals surface area (Å²) >= 11 is 0. The first-order chi connectivity index (χ1) is 34.2. The second kappa shape index (κ2) is 17.1. The number of hydrogen-bond acceptors (Lipinski definition) is 13. The van der Waals surface area contributed by atoms with E-state index >= 15 is 0 Å². The van der Waals surface area contributed by atoms with Crippen LogP contribution >= 0.6 is 0 Å². The fraction of sp³-hybridized carbons (Fsp3) is 0.453. The average molecular weight is 962 g/mol. The van der Waals surface area contributed by atoms with Crippen LogP contribution in [0.15, 0.2) is 65.8 Å². The number of nitrogens with zero attached hydrogens (tertiary/aromatic N) is 9. The highest BCUT2D eigenvalue weighted by Gasteiger charge is 2.44. The van der Waals surface area contributed by atoms with Gasteiger partial charge in [-0.1, -0.05) is 13.8 Å². The highest BCUT2D eigenvalue weighted by Crippen LogP contribution is 2.46. The van der Waals surface area contributed by atoms with Crippen molar-refractivity contribution >= 4 is 52.3 Å². The lowest BCUT2D eigenvalue weighted by atomic mass is 9.90. The van der Waals surface area contributed by atoms with Gasteiger partial charge in [-0.3, -0.25) is 39.1 Å². The molecule has 0 saturated carbocycles. The van der Waals surface area contributed by atoms with Crippen LogP contribution in [0.25, 0.3) is 11.1 Å². The molecule has 10 heterocycles. The molecule has 5 aromatic rings. The molecule has 12 rings (SSSR count). The number of aromatic nitrogens is 4. The first kappa shape index (κ1) is 45.1. The number of piperidine rings is 2. The van der Waals surface area contributed by atoms with Crippen LogP contribution in [0.2, 0.25) is 0 Å². The van der Waals surface area contributed by atoms with Crippen molar-refractivity contribution < 1.29 is 29.0 Å². The number of hydrogen-bond donors (Lipinski definition) is 3. The smallest absolute Gasteiger partial charge is 0.276 e. The molecule has 6 aliphatic heterocycles. The Morgan fingerprint density at radius 3 is 2.54 bits per heavy atom. The molecule has 7 aliphatic rings. The molecule has 368 valence electrons. The van der Waals surface area contributed by atoms with Crippen molar-refractivity contribution in [2.75, 3.05) is 59.3 Å². The number of benzene rings is 1. The maximum Gasteiger partial charge on any atom is 0.276 e. The van der Waals surface area contributed by atoms with Crippen molar-refractivity contribution in [1.29, 1.82) is 0 Å². The summed E-state index contributed by atoms with van der Waals surface area (Å²) in [6, 6.07) is 13.6. The largest absolute Gasteiger partial charge is 0.489 e. The lowest BCUT2D eigenvalue weighted by Crippen LogP contribution is -2.59. The Labute approximate surface area is 411 Å². The van der Waals surface area contributed by atoms with Crippen LogP contribution < -0.4 is 35.6 Å². The number of piperazine rings is 1. The van der Waals surface area contributed by atoms with Crippen molar-refractivity contribution in [2.24, 2.45) is 12.5 Å². The number of ether oxygens (including phenoxy) is 1. The molecular weight excluding hydrogens is 903 g/mol. The van der Waals surface area contributed by atoms with Crippen LogP contribution in [0, 0.1) is 5.41 Å². The summed E-state index contributed by atoms with van der Waals surface area (Å²) < 4.78 is 10.2. The SMILES string of the molecule is C[C@H]1CN([C@H]2CCN3c4ccc5c(c4OC[C@H]3C2)CN([C@H]2CCC(=O)NC2=O)C5=O)CCN1c1ccc(Nc2cc(-c3ccnc(N4CCn5c(cc6c5CC(C)(C)C6)C4=O)c3CO)cn(C)c2=O)nc1. The van der Waals surface area contributed by atoms with Gasteiger partial charge in [-0.25, -0.2) is 9.97 Å². The van der Waals surface area contributed by atoms with Crippen molar-refractivity contribution in [2.45, 2.75) is 103 Å². The Hall–Kier alpha value is -7.05. The number of aliphatic hydroxyl groups is 1. The number of nitrogens with one attached hydrogen (secondary N) is 2. The van der Waals surface area contributed by atoms with Gasteiger partial charge >= 0.3 is 0 Å². The van der Waals surface area contributed by atoms with Crippen LogP contribution in [0.4, 0.5) is 28.7 Å². The molecule has 71 heavy (non-hydrogen) atoms. The maximum absolute atomic E-state index is 14.0. The monoisotopic (exact) mass is 961 g/mol. The Bertz CT molecular complexity index is 3110. The van der Waals surface area contributed by atoms with Gasteiger partial charge in [0.2, 0.25) is 11.8 Å². The minimum absolute atomic E-state index is 0.131. The Morgan fingerprint density at radius 2 is 1.75 bits per heavy atom. The molecule has 1 aromatic carbocycles. The molecule has 0 unspecified atom stereocenters. The molecule has 3 N–H and O–H groups in total. The molecule has 3 fully saturated rings. The number of pyridine rings is 3. The molecule has 3 saturated heterocycles. The number of carbonyl (C=O) groups is 4. The predicted molar refractivity (Wildman–Crippen MR) is 266 cm³/mol. The lowest BCUT2D eigenvalue weighted by Gasteiger charge is -2.50. The van der Waals surface area contributed by atoms with E-state index in [1.807, 2.05) is 42.6 Å². The van der Waals surface area contributed by atoms with Gasteiger partial charge in [0.15, 0.2) is 0 Å². The van der Waals surface area contributed by atoms with Gasteiger partial charge in [-0.05, 0) is 98.0 Å². The Kier molecular flexibility index (Phi) is 10.8. The molecule has 0 radical (unpaired) electrons. The van der Waals surface area contributed by atoms with Crippen LogP contribution in [0.1, 0.15) is 89.7 Å². The first-order valence-electron chi connectivity index (χ1n) is 25.0. The Morgan fingerprint density at radius 1 is 0.887 bits per heavy atom. The third kappa shape index (κ3) is 7.64. The van der Waals surface area contributed by atoms with Gasteiger partial charge in [-0.2, -0.15) is 0 Å². The molecular formula is C53H59N11O7. The molecule has 0 bridgehead atoms. The molecule has 4 aromatic heterocycles. The number of imide groups is 1. The second-order valence-electron chi connectivity index (χ2n) is 21.2. The minimum Gasteiger partial charge on any atom is -0.489 e. The number of rotatable bonds is 8. The number of amides is 4. The van der Waals surface area contributed by atoms with Gasteiger partial charge < -0.3 is 39.0 Å². The van der Waals surface area contributed by atoms with Gasteiger partial charge in [0.25, 0.3) is 17.4 Å². The van der Waals surface area contributed by atoms with E-state index in [2.05, 4.69) is 55.7 Å². The fourth-order valence-corrected chi connectivity index (χ4v) is 12.7. The van der Waals surface area contributed by atoms with Gasteiger partial charge in [0.05, 0.1) is 36.8 Å². The summed E-state index contributed by atoms with van der Waals surface area (Å²) in [7, 11) is 1.69. The molecule has 1 aliphatic carbocycles. The van der Waals surface area contributed by atoms with Gasteiger partial charge in [-0.15, -0.1) is 0 Å². The number of fused-ring (bicyclic) bond motifs is 8. The quantitative estimate of drug-likeness (QED) is 0.186. The Balaban J connectivity index is 0.690. The van der Waals surface area contributed by atoms with Crippen LogP contribution in [-0.4, -0.2) is 121 Å². The molecule has 0 spiro atoms. The zero-order valence-electron chi connectivity index (χ0n) is 40.6. The van der Waals surface area contributed by atoms with Gasteiger partial charge in [0, 0.05) is 105 Å². The van der Waals surface area contributed by atoms with Crippen molar-refractivity contribution in [3.8, 4) is 16.9 Å². The number of aryl methyl sites for hydroxylation is 1. The zero-order chi connectivity index (χ0) is 49.0. The molecule has 18 heteroatoms. The normalized spacial score (nSPS) is 23.7. The average Bonchev–Trinajstić information content (AvgIpc) is 3.99. The van der Waals surface area contributed by atoms with E-state index in [0.29, 0.717) is 77.4 Å². The van der Waals surface area contributed by atoms with Gasteiger partial charge in [0.1, 0.15) is 41.4 Å². The van der Waals surface area contributed by atoms with E-state index in [0.717, 1.165) is 74.6 Å². The standard InChI is InChI=1S/C53H59N11O7/c1-30-25-59(33-12-14-61-35(21-33)29-71-47-38-27-64(42-8-10-46(66)57-49(42)67)50(68)37(38)6-7-41(47)61)15-16-60(30)34-5-9-45(55-24-34)56-40-19-32(26-58(4)51(40)69)36-11-13-54-48(39(36)28-65)63-18-17-62-43(52(63)70)20-31-22-53(2,3)23-44(31)62/h5-7,9,11,13,19-20,24,26,30,33,35,42,65H,8,10,12,14-18,21-23,25,27-29H2,1-4H3,(H,55,56)(H,57,66,67)/t30-,33-,35+,42-/m0/s1. The van der Waals surface area contributed by atoms with Crippen molar-refractivity contribution in [3.05, 3.63) is 105 Å². The summed E-state index contributed by atoms with van der Waals surface area (Å²) in [6.45, 7) is 11.8. The predicted octanol–water partition coefficient (Wildman–Crippen LogP) is 4.37. The molecule has 4 amide bonds. The van der Waals surface area contributed by atoms with E-state index in [4.69, 9.17) is 9.72 Å². The first-order valence-corrected chi connectivity index (χ1v) is 25.0. The summed E-state index contributed by atoms with van der Waals surface area (Å²) in [5, 5.41) is 16.5. The van der Waals surface area contributed by atoms with E-state index in [9.17, 15) is 29.1 Å². The summed E-state index contributed by atoms with van der Waals surface area (Å²) in [4.78, 5) is 85.6. The van der Waals surface area contributed by atoms with E-state index in [1.165, 1.54) is 15.8 Å². The van der Waals surface area contributed by atoms with E-state index < -0.39 is 11.9 Å². The number of anilines is 5. The minimum atomic E-state index is -0.668. The lowest BCUT2D eigenvalue weighted by molar-refractivity contribution is -0.136. The van der Waals surface area contributed by atoms with Crippen LogP contribution in [-0.2, 0) is 49.2 Å². The van der Waals surface area contributed by atoms with E-state index in [1.54, 1.807) is 35.3 Å². The summed E-state index contributed by atoms with van der Waals surface area (Å²) in [5.41, 5.74) is 8.68. The topological polar surface area (TPSA) is 191 Å². The van der Waals surface area contributed by atoms with Crippen LogP contribution in [0.3, 0.4) is 0 Å². The second-order valence-corrected chi connectivity index (χ2v) is 21.2. The highest BCUT2D eigenvalue weighted by molar-refractivity contribution is 6.07. The fourth-order valence-electron chi connectivity index (χ4n) is 12.7. The number of carbonyl (C=O) groups excluding carboxylic acids is 4. The molecule has 4 atom stereocenters. The van der Waals surface area contributed by atoms with E-state index in [-0.39, 0.29) is 60.4 Å². The van der Waals surface area contributed by atoms with Crippen molar-refractivity contribution in [3.63, 3.8) is 0 Å². The number of aliphatic hydroxyl groups excluding tert-OH is 1. The van der Waals surface area contributed by atoms with Crippen LogP contribution in [0.5, 0.6) is 5.75 Å². The zero-order valence-corrected chi connectivity index (χ0v) is 40.6. The third-order valence-electron chi connectivity index (χ3n) is 16.1. The molecule has 18 nitrogen and oxygen atoms in total. The third-order valence-corrected chi connectivity index (χ3v) is 16.1. The summed E-state index contributed by atoms with van der Waals surface area (Å²) in [6.07, 6.45) is 9.62. The maximum atomic E-state index is 14.0.